The maximum absolute atomic E-state index is 12.2. The lowest BCUT2D eigenvalue weighted by atomic mass is 9.98. The summed E-state index contributed by atoms with van der Waals surface area (Å²) < 4.78 is 56.0. The van der Waals surface area contributed by atoms with Crippen LogP contribution in [-0.4, -0.2) is 110 Å². The molecule has 3 aromatic rings. The summed E-state index contributed by atoms with van der Waals surface area (Å²) in [5.74, 6) is 1.18. The number of benzene rings is 3. The number of likely N-dealkylation sites (tertiary alicyclic amines) is 2. The fraction of sp³-hybridized carbons (Fsp3) is 0.535. The second kappa shape index (κ2) is 23.0. The summed E-state index contributed by atoms with van der Waals surface area (Å²) in [5, 5.41) is 30.2. The summed E-state index contributed by atoms with van der Waals surface area (Å²) in [4.78, 5) is 47.7. The van der Waals surface area contributed by atoms with E-state index in [4.69, 9.17) is 33.0 Å². The fourth-order valence-electron chi connectivity index (χ4n) is 6.07. The molecule has 0 aromatic heterocycles. The van der Waals surface area contributed by atoms with Crippen molar-refractivity contribution in [3.63, 3.8) is 0 Å². The Morgan fingerprint density at radius 3 is 1.52 bits per heavy atom. The number of hydrogen-bond acceptors (Lipinski definition) is 15. The number of piperidine rings is 2. The van der Waals surface area contributed by atoms with E-state index in [2.05, 4.69) is 0 Å². The fourth-order valence-corrected chi connectivity index (χ4v) is 7.04. The quantitative estimate of drug-likeness (QED) is 0.108. The predicted molar refractivity (Wildman–Crippen MR) is 232 cm³/mol. The summed E-state index contributed by atoms with van der Waals surface area (Å²) in [6.45, 7) is 15.8. The van der Waals surface area contributed by atoms with Crippen molar-refractivity contribution >= 4 is 33.7 Å². The molecule has 0 aliphatic carbocycles. The van der Waals surface area contributed by atoms with Crippen molar-refractivity contribution in [1.82, 2.24) is 9.80 Å². The summed E-state index contributed by atoms with van der Waals surface area (Å²) in [6, 6.07) is 14.5. The van der Waals surface area contributed by atoms with E-state index in [9.17, 15) is 38.2 Å². The Labute approximate surface area is 368 Å². The number of phenols is 1. The Balaban J connectivity index is 0.000000268. The molecule has 2 heterocycles. The van der Waals surface area contributed by atoms with Crippen molar-refractivity contribution in [3.8, 4) is 23.0 Å². The molecule has 348 valence electrons. The zero-order valence-corrected chi connectivity index (χ0v) is 38.2. The molecule has 2 saturated heterocycles. The third kappa shape index (κ3) is 17.4. The van der Waals surface area contributed by atoms with Crippen LogP contribution >= 0.6 is 0 Å². The molecular formula is C43H60N4O15S. The molecule has 63 heavy (non-hydrogen) atoms. The Kier molecular flexibility index (Phi) is 18.8. The number of phenolic OH excluding ortho intramolecular Hbond substituents is 1. The minimum absolute atomic E-state index is 0.0412. The summed E-state index contributed by atoms with van der Waals surface area (Å²) in [6.07, 6.45) is 2.36. The van der Waals surface area contributed by atoms with Crippen LogP contribution in [0.5, 0.6) is 23.0 Å². The molecule has 0 saturated carbocycles. The van der Waals surface area contributed by atoms with Crippen molar-refractivity contribution in [2.75, 3.05) is 53.6 Å². The number of carbonyl (C=O) groups excluding carboxylic acids is 2. The zero-order chi connectivity index (χ0) is 47.1. The van der Waals surface area contributed by atoms with E-state index in [1.54, 1.807) is 34.1 Å². The molecular weight excluding hydrogens is 845 g/mol. The van der Waals surface area contributed by atoms with Gasteiger partial charge in [-0.05, 0) is 110 Å². The number of nitro benzene ring substituents is 2. The largest absolute Gasteiger partial charge is 0.504 e. The van der Waals surface area contributed by atoms with Gasteiger partial charge in [0.1, 0.15) is 11.2 Å². The van der Waals surface area contributed by atoms with Gasteiger partial charge < -0.3 is 38.6 Å². The number of ether oxygens (including phenoxy) is 5. The van der Waals surface area contributed by atoms with Gasteiger partial charge in [-0.3, -0.25) is 24.4 Å². The van der Waals surface area contributed by atoms with E-state index in [-0.39, 0.29) is 58.4 Å². The summed E-state index contributed by atoms with van der Waals surface area (Å²) in [7, 11) is -0.866. The van der Waals surface area contributed by atoms with Gasteiger partial charge in [-0.15, -0.1) is 0 Å². The third-order valence-corrected chi connectivity index (χ3v) is 10.8. The first-order chi connectivity index (χ1) is 29.4. The lowest BCUT2D eigenvalue weighted by Gasteiger charge is -2.33. The molecule has 2 aliphatic rings. The third-order valence-electron chi connectivity index (χ3n) is 9.51. The number of nitro groups is 2. The average molecular weight is 905 g/mol. The van der Waals surface area contributed by atoms with Crippen molar-refractivity contribution in [1.29, 1.82) is 0 Å². The van der Waals surface area contributed by atoms with E-state index < -0.39 is 31.2 Å². The van der Waals surface area contributed by atoms with Crippen molar-refractivity contribution in [2.24, 2.45) is 11.8 Å². The number of nitrogens with zero attached hydrogens (tertiary/aromatic N) is 4. The van der Waals surface area contributed by atoms with Gasteiger partial charge in [0, 0.05) is 38.3 Å². The SMILES string of the molecule is COc1ccc([N+](=O)[O-])cc1O.COc1ccc([N+](=O)[O-])cc1OCC1CCN(C(=O)OC(C)(C)C)CC1.Cc1ccc(S(=O)(=O)OCC2CCN(C(=O)OC(C)(C)C)CC2)cc1. The van der Waals surface area contributed by atoms with Gasteiger partial charge in [0.2, 0.25) is 0 Å². The minimum atomic E-state index is -3.74. The first-order valence-electron chi connectivity index (χ1n) is 20.3. The Hall–Kier alpha value is -5.89. The van der Waals surface area contributed by atoms with E-state index >= 15 is 0 Å². The second-order valence-electron chi connectivity index (χ2n) is 16.9. The van der Waals surface area contributed by atoms with Gasteiger partial charge in [0.05, 0.1) is 54.3 Å². The van der Waals surface area contributed by atoms with Crippen LogP contribution in [0.25, 0.3) is 0 Å². The highest BCUT2D eigenvalue weighted by atomic mass is 32.2. The van der Waals surface area contributed by atoms with Gasteiger partial charge in [-0.25, -0.2) is 9.59 Å². The maximum atomic E-state index is 12.2. The number of aromatic hydroxyl groups is 1. The van der Waals surface area contributed by atoms with Crippen molar-refractivity contribution in [3.05, 3.63) is 86.5 Å². The van der Waals surface area contributed by atoms with Crippen LogP contribution in [0.1, 0.15) is 72.8 Å². The van der Waals surface area contributed by atoms with Gasteiger partial charge in [0.15, 0.2) is 23.0 Å². The average Bonchev–Trinajstić information content (AvgIpc) is 3.21. The number of amides is 2. The topological polar surface area (TPSA) is 237 Å². The lowest BCUT2D eigenvalue weighted by Crippen LogP contribution is -2.42. The monoisotopic (exact) mass is 904 g/mol. The Bertz CT molecular complexity index is 2100. The molecule has 0 spiro atoms. The van der Waals surface area contributed by atoms with Crippen molar-refractivity contribution in [2.45, 2.75) is 90.2 Å². The first kappa shape index (κ1) is 51.5. The molecule has 2 aliphatic heterocycles. The molecule has 0 radical (unpaired) electrons. The van der Waals surface area contributed by atoms with E-state index in [0.29, 0.717) is 57.1 Å². The smallest absolute Gasteiger partial charge is 0.410 e. The standard InChI is InChI=1S/C18H26N2O6.C18H27NO5S.C7H7NO4/c1-18(2,3)26-17(21)19-9-7-13(8-10-19)12-25-16-11-14(20(22)23)5-6-15(16)24-4;1-14-5-7-16(8-6-14)25(21,22)23-13-15-9-11-19(12-10-15)17(20)24-18(2,3)4;1-12-7-3-2-5(8(10)11)4-6(7)9/h5-6,11,13H,7-10,12H2,1-4H3;5-8,15H,9-13H2,1-4H3;2-4,9H,1H3. The van der Waals surface area contributed by atoms with Crippen molar-refractivity contribution < 1.29 is 60.8 Å². The van der Waals surface area contributed by atoms with Crippen LogP contribution in [0, 0.1) is 39.0 Å². The maximum Gasteiger partial charge on any atom is 0.410 e. The highest BCUT2D eigenvalue weighted by Crippen LogP contribution is 2.33. The highest BCUT2D eigenvalue weighted by Gasteiger charge is 2.29. The number of methoxy groups -OCH3 is 2. The zero-order valence-electron chi connectivity index (χ0n) is 37.4. The number of hydrogen-bond donors (Lipinski definition) is 1. The predicted octanol–water partition coefficient (Wildman–Crippen LogP) is 8.29. The molecule has 19 nitrogen and oxygen atoms in total. The molecule has 1 N–H and O–H groups in total. The van der Waals surface area contributed by atoms with Crippen LogP contribution < -0.4 is 14.2 Å². The molecule has 20 heteroatoms. The van der Waals surface area contributed by atoms with Gasteiger partial charge in [0.25, 0.3) is 21.5 Å². The van der Waals surface area contributed by atoms with E-state index in [0.717, 1.165) is 24.5 Å². The molecule has 3 aromatic carbocycles. The molecule has 0 unspecified atom stereocenters. The summed E-state index contributed by atoms with van der Waals surface area (Å²) >= 11 is 0. The number of rotatable bonds is 11. The number of carbonyl (C=O) groups is 2. The van der Waals surface area contributed by atoms with Crippen LogP contribution in [0.4, 0.5) is 21.0 Å². The lowest BCUT2D eigenvalue weighted by molar-refractivity contribution is -0.385. The molecule has 0 atom stereocenters. The normalized spacial score (nSPS) is 14.8. The van der Waals surface area contributed by atoms with Gasteiger partial charge in [-0.1, -0.05) is 17.7 Å². The second-order valence-corrected chi connectivity index (χ2v) is 18.5. The number of non-ortho nitro benzene ring substituents is 2. The molecule has 0 bridgehead atoms. The van der Waals surface area contributed by atoms with E-state index in [1.807, 2.05) is 48.5 Å². The first-order valence-corrected chi connectivity index (χ1v) is 21.7. The Morgan fingerprint density at radius 1 is 0.683 bits per heavy atom. The minimum Gasteiger partial charge on any atom is -0.504 e. The van der Waals surface area contributed by atoms with Crippen LogP contribution in [0.3, 0.4) is 0 Å². The van der Waals surface area contributed by atoms with Crippen LogP contribution in [0.2, 0.25) is 0 Å². The molecule has 5 rings (SSSR count). The molecule has 2 fully saturated rings. The van der Waals surface area contributed by atoms with Crippen LogP contribution in [-0.2, 0) is 23.8 Å². The Morgan fingerprint density at radius 2 is 1.11 bits per heavy atom. The van der Waals surface area contributed by atoms with Crippen LogP contribution in [0.15, 0.2) is 65.6 Å². The van der Waals surface area contributed by atoms with E-state index in [1.165, 1.54) is 44.6 Å². The number of aryl methyl sites for hydroxylation is 1. The van der Waals surface area contributed by atoms with Gasteiger partial charge in [-0.2, -0.15) is 8.42 Å². The molecule has 2 amide bonds. The summed E-state index contributed by atoms with van der Waals surface area (Å²) in [5.41, 5.74) is -0.225. The van der Waals surface area contributed by atoms with Gasteiger partial charge >= 0.3 is 12.2 Å². The highest BCUT2D eigenvalue weighted by molar-refractivity contribution is 7.86.